The van der Waals surface area contributed by atoms with Gasteiger partial charge >= 0.3 is 0 Å². The fourth-order valence-corrected chi connectivity index (χ4v) is 3.44. The molecule has 154 valence electrons. The van der Waals surface area contributed by atoms with Crippen LogP contribution in [0.1, 0.15) is 10.4 Å². The van der Waals surface area contributed by atoms with Crippen molar-refractivity contribution in [1.82, 2.24) is 0 Å². The predicted octanol–water partition coefficient (Wildman–Crippen LogP) is 6.01. The normalized spacial score (nSPS) is 10.5. The minimum atomic E-state index is -0.0118. The number of aldehydes is 1. The second-order valence-corrected chi connectivity index (χ2v) is 7.02. The summed E-state index contributed by atoms with van der Waals surface area (Å²) >= 11 is 0. The molecule has 0 aromatic heterocycles. The third kappa shape index (κ3) is 4.82. The molecule has 0 radical (unpaired) electrons. The third-order valence-electron chi connectivity index (χ3n) is 4.97. The lowest BCUT2D eigenvalue weighted by Crippen LogP contribution is -2.10. The van der Waals surface area contributed by atoms with Gasteiger partial charge < -0.3 is 14.7 Å². The van der Waals surface area contributed by atoms with Crippen molar-refractivity contribution in [2.75, 3.05) is 18.1 Å². The molecule has 0 fully saturated rings. The van der Waals surface area contributed by atoms with Crippen LogP contribution in [-0.2, 0) is 0 Å². The van der Waals surface area contributed by atoms with Gasteiger partial charge in [-0.1, -0.05) is 54.6 Å². The van der Waals surface area contributed by atoms with Gasteiger partial charge in [0, 0.05) is 22.6 Å². The molecule has 1 N–H and O–H groups in total. The minimum Gasteiger partial charge on any atom is -0.491 e. The van der Waals surface area contributed by atoms with Crippen LogP contribution in [0, 0.1) is 0 Å². The van der Waals surface area contributed by atoms with Crippen molar-refractivity contribution in [3.05, 3.63) is 109 Å². The highest BCUT2D eigenvalue weighted by Crippen LogP contribution is 2.36. The molecule has 0 spiro atoms. The lowest BCUT2D eigenvalue weighted by atomic mass is 10.0. The summed E-state index contributed by atoms with van der Waals surface area (Å²) in [7, 11) is 0. The van der Waals surface area contributed by atoms with Gasteiger partial charge in [0.2, 0.25) is 0 Å². The number of para-hydroxylation sites is 1. The van der Waals surface area contributed by atoms with Gasteiger partial charge in [0.25, 0.3) is 0 Å². The van der Waals surface area contributed by atoms with E-state index in [1.54, 1.807) is 0 Å². The summed E-state index contributed by atoms with van der Waals surface area (Å²) in [5.41, 5.74) is 5.90. The van der Waals surface area contributed by atoms with E-state index in [2.05, 4.69) is 41.3 Å². The maximum Gasteiger partial charge on any atom is 0.150 e. The van der Waals surface area contributed by atoms with E-state index in [9.17, 15) is 4.79 Å². The average Bonchev–Trinajstić information content (AvgIpc) is 2.85. The Balaban J connectivity index is 1.66. The van der Waals surface area contributed by atoms with Gasteiger partial charge in [-0.3, -0.25) is 4.79 Å². The molecule has 4 heteroatoms. The van der Waals surface area contributed by atoms with Gasteiger partial charge in [0.1, 0.15) is 18.6 Å². The first-order chi connectivity index (χ1) is 15.3. The van der Waals surface area contributed by atoms with Crippen molar-refractivity contribution in [2.45, 2.75) is 0 Å². The molecular weight excluding hydrogens is 386 g/mol. The molecule has 0 saturated heterocycles. The number of hydrogen-bond donors (Lipinski definition) is 1. The Labute approximate surface area is 182 Å². The Bertz CT molecular complexity index is 1110. The summed E-state index contributed by atoms with van der Waals surface area (Å²) in [6, 6.07) is 33.9. The quantitative estimate of drug-likeness (QED) is 0.362. The topological polar surface area (TPSA) is 49.8 Å². The Morgan fingerprint density at radius 1 is 0.677 bits per heavy atom. The van der Waals surface area contributed by atoms with E-state index < -0.39 is 0 Å². The molecule has 0 atom stereocenters. The monoisotopic (exact) mass is 409 g/mol. The van der Waals surface area contributed by atoms with E-state index in [1.165, 1.54) is 0 Å². The van der Waals surface area contributed by atoms with Crippen LogP contribution >= 0.6 is 0 Å². The van der Waals surface area contributed by atoms with E-state index in [1.807, 2.05) is 66.7 Å². The summed E-state index contributed by atoms with van der Waals surface area (Å²) in [5, 5.41) is 8.95. The van der Waals surface area contributed by atoms with Gasteiger partial charge in [-0.25, -0.2) is 0 Å². The van der Waals surface area contributed by atoms with Crippen LogP contribution in [-0.4, -0.2) is 24.6 Å². The largest absolute Gasteiger partial charge is 0.491 e. The molecule has 4 aromatic carbocycles. The van der Waals surface area contributed by atoms with Crippen molar-refractivity contribution in [3.8, 4) is 16.9 Å². The first-order valence-corrected chi connectivity index (χ1v) is 10.1. The number of aliphatic hydroxyl groups is 1. The van der Waals surface area contributed by atoms with Crippen LogP contribution in [0.15, 0.2) is 103 Å². The fraction of sp³-hybridized carbons (Fsp3) is 0.0741. The summed E-state index contributed by atoms with van der Waals surface area (Å²) < 4.78 is 5.49. The van der Waals surface area contributed by atoms with Crippen molar-refractivity contribution in [1.29, 1.82) is 0 Å². The number of anilines is 3. The lowest BCUT2D eigenvalue weighted by Gasteiger charge is -2.25. The Morgan fingerprint density at radius 2 is 1.19 bits per heavy atom. The van der Waals surface area contributed by atoms with Gasteiger partial charge in [-0.2, -0.15) is 0 Å². The van der Waals surface area contributed by atoms with Crippen LogP contribution in [0.2, 0.25) is 0 Å². The van der Waals surface area contributed by atoms with Crippen molar-refractivity contribution < 1.29 is 14.6 Å². The SMILES string of the molecule is O=Cc1ccc(-c2ccc(N(c3ccccc3)c3ccc(OCCO)cc3)cc2)cc1. The zero-order valence-corrected chi connectivity index (χ0v) is 17.0. The van der Waals surface area contributed by atoms with Crippen molar-refractivity contribution in [3.63, 3.8) is 0 Å². The lowest BCUT2D eigenvalue weighted by molar-refractivity contribution is 0.112. The second kappa shape index (κ2) is 9.74. The third-order valence-corrected chi connectivity index (χ3v) is 4.97. The Kier molecular flexibility index (Phi) is 6.41. The number of carbonyl (C=O) groups is 1. The average molecular weight is 409 g/mol. The Hall–Kier alpha value is -3.89. The molecule has 0 bridgehead atoms. The fourth-order valence-electron chi connectivity index (χ4n) is 3.44. The number of carbonyl (C=O) groups excluding carboxylic acids is 1. The van der Waals surface area contributed by atoms with E-state index in [0.29, 0.717) is 5.56 Å². The molecule has 4 aromatic rings. The highest BCUT2D eigenvalue weighted by atomic mass is 16.5. The summed E-state index contributed by atoms with van der Waals surface area (Å²) in [5.74, 6) is 0.722. The zero-order valence-electron chi connectivity index (χ0n) is 17.0. The number of nitrogens with zero attached hydrogens (tertiary/aromatic N) is 1. The van der Waals surface area contributed by atoms with E-state index in [4.69, 9.17) is 9.84 Å². The Morgan fingerprint density at radius 3 is 1.74 bits per heavy atom. The van der Waals surface area contributed by atoms with Crippen LogP contribution in [0.3, 0.4) is 0 Å². The summed E-state index contributed by atoms with van der Waals surface area (Å²) in [6.07, 6.45) is 0.852. The van der Waals surface area contributed by atoms with Crippen molar-refractivity contribution >= 4 is 23.3 Å². The molecule has 4 rings (SSSR count). The molecule has 31 heavy (non-hydrogen) atoms. The van der Waals surface area contributed by atoms with Gasteiger partial charge in [-0.05, 0) is 59.7 Å². The molecule has 0 saturated carbocycles. The molecule has 0 amide bonds. The highest BCUT2D eigenvalue weighted by Gasteiger charge is 2.12. The maximum absolute atomic E-state index is 10.9. The molecule has 4 nitrogen and oxygen atoms in total. The van der Waals surface area contributed by atoms with Crippen LogP contribution < -0.4 is 9.64 Å². The number of benzene rings is 4. The number of rotatable bonds is 8. The molecule has 0 heterocycles. The number of aliphatic hydroxyl groups excluding tert-OH is 1. The molecule has 0 aliphatic heterocycles. The smallest absolute Gasteiger partial charge is 0.150 e. The van der Waals surface area contributed by atoms with Gasteiger partial charge in [0.15, 0.2) is 0 Å². The number of hydrogen-bond acceptors (Lipinski definition) is 4. The minimum absolute atomic E-state index is 0.0118. The molecule has 0 aliphatic carbocycles. The van der Waals surface area contributed by atoms with Crippen LogP contribution in [0.5, 0.6) is 5.75 Å². The molecular formula is C27H23NO3. The first kappa shape index (κ1) is 20.4. The zero-order chi connectivity index (χ0) is 21.5. The summed E-state index contributed by atoms with van der Waals surface area (Å²) in [6.45, 7) is 0.263. The molecule has 0 unspecified atom stereocenters. The predicted molar refractivity (Wildman–Crippen MR) is 125 cm³/mol. The first-order valence-electron chi connectivity index (χ1n) is 10.1. The standard InChI is InChI=1S/C27H23NO3/c29-18-19-31-27-16-14-26(15-17-27)28(24-4-2-1-3-5-24)25-12-10-23(11-13-25)22-8-6-21(20-30)7-9-22/h1-17,20,29H,18-19H2. The van der Waals surface area contributed by atoms with Crippen LogP contribution in [0.4, 0.5) is 17.1 Å². The molecule has 0 aliphatic rings. The van der Waals surface area contributed by atoms with E-state index >= 15 is 0 Å². The second-order valence-electron chi connectivity index (χ2n) is 7.02. The highest BCUT2D eigenvalue weighted by molar-refractivity contribution is 5.79. The van der Waals surface area contributed by atoms with Crippen molar-refractivity contribution in [2.24, 2.45) is 0 Å². The maximum atomic E-state index is 10.9. The van der Waals surface area contributed by atoms with Gasteiger partial charge in [0.05, 0.1) is 6.61 Å². The number of ether oxygens (including phenoxy) is 1. The summed E-state index contributed by atoms with van der Waals surface area (Å²) in [4.78, 5) is 13.1. The van der Waals surface area contributed by atoms with Gasteiger partial charge in [-0.15, -0.1) is 0 Å². The van der Waals surface area contributed by atoms with E-state index in [-0.39, 0.29) is 13.2 Å². The van der Waals surface area contributed by atoms with Crippen LogP contribution in [0.25, 0.3) is 11.1 Å². The van der Waals surface area contributed by atoms with E-state index in [0.717, 1.165) is 40.2 Å².